The first kappa shape index (κ1) is 18.3. The second kappa shape index (κ2) is 8.23. The maximum absolute atomic E-state index is 12.7. The maximum Gasteiger partial charge on any atom is 0.246 e. The van der Waals surface area contributed by atoms with Crippen molar-refractivity contribution in [1.82, 2.24) is 4.90 Å². The molecule has 6 heteroatoms. The third kappa shape index (κ3) is 3.99. The van der Waals surface area contributed by atoms with E-state index in [0.717, 1.165) is 5.56 Å². The van der Waals surface area contributed by atoms with Crippen molar-refractivity contribution >= 4 is 29.1 Å². The smallest absolute Gasteiger partial charge is 0.246 e. The number of rotatable bonds is 5. The Morgan fingerprint density at radius 1 is 1.12 bits per heavy atom. The first-order valence-corrected chi connectivity index (χ1v) is 9.01. The van der Waals surface area contributed by atoms with E-state index in [4.69, 9.17) is 16.3 Å². The minimum absolute atomic E-state index is 0.0564. The zero-order chi connectivity index (χ0) is 18.5. The molecule has 3 rings (SSSR count). The lowest BCUT2D eigenvalue weighted by atomic mass is 10.1. The number of para-hydroxylation sites is 2. The first-order chi connectivity index (χ1) is 12.6. The molecule has 0 saturated carbocycles. The number of amides is 2. The van der Waals surface area contributed by atoms with Crippen molar-refractivity contribution in [2.45, 2.75) is 13.3 Å². The van der Waals surface area contributed by atoms with E-state index in [-0.39, 0.29) is 24.8 Å². The van der Waals surface area contributed by atoms with E-state index in [9.17, 15) is 9.59 Å². The minimum atomic E-state index is -0.129. The van der Waals surface area contributed by atoms with Crippen LogP contribution >= 0.6 is 11.6 Å². The average molecular weight is 373 g/mol. The number of carbonyl (C=O) groups excluding carboxylic acids is 2. The van der Waals surface area contributed by atoms with Crippen molar-refractivity contribution < 1.29 is 14.3 Å². The molecule has 26 heavy (non-hydrogen) atoms. The Morgan fingerprint density at radius 3 is 2.58 bits per heavy atom. The van der Waals surface area contributed by atoms with Crippen molar-refractivity contribution in [3.05, 3.63) is 59.1 Å². The summed E-state index contributed by atoms with van der Waals surface area (Å²) in [4.78, 5) is 28.4. The zero-order valence-corrected chi connectivity index (χ0v) is 15.4. The van der Waals surface area contributed by atoms with Gasteiger partial charge in [-0.3, -0.25) is 9.59 Å². The van der Waals surface area contributed by atoms with Gasteiger partial charge in [-0.25, -0.2) is 0 Å². The number of piperazine rings is 1. The summed E-state index contributed by atoms with van der Waals surface area (Å²) in [6.07, 6.45) is 0.218. The van der Waals surface area contributed by atoms with Gasteiger partial charge in [-0.05, 0) is 25.1 Å². The first-order valence-electron chi connectivity index (χ1n) is 8.63. The van der Waals surface area contributed by atoms with Crippen LogP contribution in [-0.4, -0.2) is 43.0 Å². The number of ether oxygens (including phenoxy) is 1. The number of halogens is 1. The summed E-state index contributed by atoms with van der Waals surface area (Å²) in [6, 6.07) is 14.7. The van der Waals surface area contributed by atoms with Crippen LogP contribution in [0.15, 0.2) is 48.5 Å². The van der Waals surface area contributed by atoms with Crippen LogP contribution in [0.3, 0.4) is 0 Å². The zero-order valence-electron chi connectivity index (χ0n) is 14.7. The molecule has 2 aromatic carbocycles. The van der Waals surface area contributed by atoms with Gasteiger partial charge in [-0.15, -0.1) is 0 Å². The van der Waals surface area contributed by atoms with Crippen LogP contribution < -0.4 is 9.64 Å². The van der Waals surface area contributed by atoms with Crippen LogP contribution in [-0.2, 0) is 16.0 Å². The summed E-state index contributed by atoms with van der Waals surface area (Å²) in [6.45, 7) is 3.42. The summed E-state index contributed by atoms with van der Waals surface area (Å²) >= 11 is 6.19. The second-order valence-corrected chi connectivity index (χ2v) is 6.44. The molecule has 0 N–H and O–H groups in total. The predicted octanol–water partition coefficient (Wildman–Crippen LogP) is 3.16. The lowest BCUT2D eigenvalue weighted by molar-refractivity contribution is -0.136. The topological polar surface area (TPSA) is 49.9 Å². The normalized spacial score (nSPS) is 14.5. The highest BCUT2D eigenvalue weighted by Crippen LogP contribution is 2.27. The molecule has 0 unspecified atom stereocenters. The number of anilines is 1. The molecule has 0 radical (unpaired) electrons. The third-order valence-corrected chi connectivity index (χ3v) is 4.65. The van der Waals surface area contributed by atoms with E-state index >= 15 is 0 Å². The van der Waals surface area contributed by atoms with E-state index in [0.29, 0.717) is 36.2 Å². The van der Waals surface area contributed by atoms with Gasteiger partial charge < -0.3 is 14.5 Å². The molecule has 1 aliphatic rings. The number of benzene rings is 2. The summed E-state index contributed by atoms with van der Waals surface area (Å²) < 4.78 is 5.57. The van der Waals surface area contributed by atoms with Gasteiger partial charge in [0.1, 0.15) is 12.3 Å². The quantitative estimate of drug-likeness (QED) is 0.810. The van der Waals surface area contributed by atoms with Crippen LogP contribution in [0.1, 0.15) is 12.5 Å². The summed E-state index contributed by atoms with van der Waals surface area (Å²) in [5.74, 6) is 0.504. The second-order valence-electron chi connectivity index (χ2n) is 6.03. The fourth-order valence-electron chi connectivity index (χ4n) is 3.03. The van der Waals surface area contributed by atoms with E-state index in [1.165, 1.54) is 0 Å². The van der Waals surface area contributed by atoms with Gasteiger partial charge >= 0.3 is 0 Å². The third-order valence-electron chi connectivity index (χ3n) is 4.33. The SMILES string of the molecule is CCOc1ccccc1CC(=O)N1CCN(c2ccccc2Cl)C(=O)C1. The van der Waals surface area contributed by atoms with Crippen LogP contribution in [0, 0.1) is 0 Å². The number of hydrogen-bond donors (Lipinski definition) is 0. The molecule has 2 amide bonds. The predicted molar refractivity (Wildman–Crippen MR) is 102 cm³/mol. The van der Waals surface area contributed by atoms with Gasteiger partial charge in [0.05, 0.1) is 23.7 Å². The highest BCUT2D eigenvalue weighted by atomic mass is 35.5. The molecule has 0 aromatic heterocycles. The largest absolute Gasteiger partial charge is 0.494 e. The highest BCUT2D eigenvalue weighted by molar-refractivity contribution is 6.33. The summed E-state index contributed by atoms with van der Waals surface area (Å²) in [7, 11) is 0. The van der Waals surface area contributed by atoms with Crippen molar-refractivity contribution in [3.63, 3.8) is 0 Å². The Balaban J connectivity index is 1.67. The molecule has 5 nitrogen and oxygen atoms in total. The fourth-order valence-corrected chi connectivity index (χ4v) is 3.27. The molecule has 0 spiro atoms. The Labute approximate surface area is 158 Å². The number of hydrogen-bond acceptors (Lipinski definition) is 3. The molecule has 1 heterocycles. The van der Waals surface area contributed by atoms with E-state index in [1.807, 2.05) is 49.4 Å². The lowest BCUT2D eigenvalue weighted by Gasteiger charge is -2.34. The van der Waals surface area contributed by atoms with E-state index < -0.39 is 0 Å². The van der Waals surface area contributed by atoms with Gasteiger partial charge in [0.25, 0.3) is 0 Å². The average Bonchev–Trinajstić information content (AvgIpc) is 2.64. The number of nitrogens with zero attached hydrogens (tertiary/aromatic N) is 2. The standard InChI is InChI=1S/C20H21ClN2O3/c1-2-26-18-10-6-3-7-15(18)13-19(24)22-11-12-23(20(25)14-22)17-9-5-4-8-16(17)21/h3-10H,2,11-14H2,1H3. The van der Waals surface area contributed by atoms with Gasteiger partial charge in [0, 0.05) is 18.7 Å². The monoisotopic (exact) mass is 372 g/mol. The van der Waals surface area contributed by atoms with Crippen LogP contribution in [0.2, 0.25) is 5.02 Å². The molecular weight excluding hydrogens is 352 g/mol. The van der Waals surface area contributed by atoms with Crippen LogP contribution in [0.4, 0.5) is 5.69 Å². The number of carbonyl (C=O) groups is 2. The lowest BCUT2D eigenvalue weighted by Crippen LogP contribution is -2.52. The molecule has 1 fully saturated rings. The Kier molecular flexibility index (Phi) is 5.78. The van der Waals surface area contributed by atoms with Gasteiger partial charge in [0.15, 0.2) is 0 Å². The van der Waals surface area contributed by atoms with Gasteiger partial charge in [-0.2, -0.15) is 0 Å². The van der Waals surface area contributed by atoms with Gasteiger partial charge in [-0.1, -0.05) is 41.9 Å². The molecule has 2 aromatic rings. The molecule has 0 aliphatic carbocycles. The van der Waals surface area contributed by atoms with Crippen molar-refractivity contribution in [3.8, 4) is 5.75 Å². The Hall–Kier alpha value is -2.53. The Bertz CT molecular complexity index is 809. The molecule has 0 bridgehead atoms. The molecule has 1 aliphatic heterocycles. The summed E-state index contributed by atoms with van der Waals surface area (Å²) in [5, 5.41) is 0.534. The van der Waals surface area contributed by atoms with Crippen molar-refractivity contribution in [2.75, 3.05) is 31.1 Å². The summed E-state index contributed by atoms with van der Waals surface area (Å²) in [5.41, 5.74) is 1.52. The van der Waals surface area contributed by atoms with Crippen molar-refractivity contribution in [1.29, 1.82) is 0 Å². The Morgan fingerprint density at radius 2 is 1.85 bits per heavy atom. The van der Waals surface area contributed by atoms with Crippen LogP contribution in [0.25, 0.3) is 0 Å². The highest BCUT2D eigenvalue weighted by Gasteiger charge is 2.29. The van der Waals surface area contributed by atoms with E-state index in [1.54, 1.807) is 15.9 Å². The van der Waals surface area contributed by atoms with E-state index in [2.05, 4.69) is 0 Å². The van der Waals surface area contributed by atoms with Crippen LogP contribution in [0.5, 0.6) is 5.75 Å². The minimum Gasteiger partial charge on any atom is -0.494 e. The van der Waals surface area contributed by atoms with Crippen molar-refractivity contribution in [2.24, 2.45) is 0 Å². The van der Waals surface area contributed by atoms with Gasteiger partial charge in [0.2, 0.25) is 11.8 Å². The fraction of sp³-hybridized carbons (Fsp3) is 0.300. The molecule has 0 atom stereocenters. The molecule has 136 valence electrons. The molecular formula is C20H21ClN2O3. The molecule has 1 saturated heterocycles. The maximum atomic E-state index is 12.7.